The Bertz CT molecular complexity index is 743. The van der Waals surface area contributed by atoms with Gasteiger partial charge in [-0.2, -0.15) is 5.26 Å². The number of para-hydroxylation sites is 1. The second kappa shape index (κ2) is 6.20. The first-order valence-corrected chi connectivity index (χ1v) is 6.14. The lowest BCUT2D eigenvalue weighted by Crippen LogP contribution is -2.00. The van der Waals surface area contributed by atoms with E-state index in [1.54, 1.807) is 0 Å². The van der Waals surface area contributed by atoms with Crippen LogP contribution >= 0.6 is 11.6 Å². The lowest BCUT2D eigenvalue weighted by molar-refractivity contribution is -0.385. The molecule has 0 unspecified atom stereocenters. The summed E-state index contributed by atoms with van der Waals surface area (Å²) in [7, 11) is 0. The summed E-state index contributed by atoms with van der Waals surface area (Å²) in [5.74, 6) is -0.673. The van der Waals surface area contributed by atoms with Crippen LogP contribution in [0.25, 0.3) is 0 Å². The minimum Gasteiger partial charge on any atom is -0.481 e. The summed E-state index contributed by atoms with van der Waals surface area (Å²) in [5.41, 5.74) is 0.238. The number of hydrogen-bond acceptors (Lipinski definition) is 4. The van der Waals surface area contributed by atoms with E-state index in [-0.39, 0.29) is 28.6 Å². The van der Waals surface area contributed by atoms with Gasteiger partial charge in [0.1, 0.15) is 12.4 Å². The number of halogens is 2. The third-order valence-electron chi connectivity index (χ3n) is 2.61. The van der Waals surface area contributed by atoms with E-state index in [4.69, 9.17) is 21.6 Å². The number of nitro groups is 1. The largest absolute Gasteiger partial charge is 0.481 e. The molecule has 0 N–H and O–H groups in total. The van der Waals surface area contributed by atoms with Crippen LogP contribution < -0.4 is 4.74 Å². The number of hydrogen-bond donors (Lipinski definition) is 0. The molecule has 0 atom stereocenters. The highest BCUT2D eigenvalue weighted by Gasteiger charge is 2.18. The van der Waals surface area contributed by atoms with Gasteiger partial charge in [-0.3, -0.25) is 10.1 Å². The van der Waals surface area contributed by atoms with Gasteiger partial charge in [-0.05, 0) is 29.8 Å². The van der Waals surface area contributed by atoms with Crippen LogP contribution in [0.5, 0.6) is 5.75 Å². The molecule has 0 aromatic heterocycles. The lowest BCUT2D eigenvalue weighted by Gasteiger charge is -2.08. The van der Waals surface area contributed by atoms with Crippen LogP contribution in [0.2, 0.25) is 5.02 Å². The van der Waals surface area contributed by atoms with Crippen molar-refractivity contribution in [2.24, 2.45) is 0 Å². The molecule has 5 nitrogen and oxygen atoms in total. The first-order chi connectivity index (χ1) is 10.0. The molecule has 106 valence electrons. The Labute approximate surface area is 124 Å². The summed E-state index contributed by atoms with van der Waals surface area (Å²) in [6.45, 7) is -0.142. The van der Waals surface area contributed by atoms with Gasteiger partial charge in [0, 0.05) is 6.07 Å². The second-order valence-corrected chi connectivity index (χ2v) is 4.50. The van der Waals surface area contributed by atoms with E-state index in [1.165, 1.54) is 30.3 Å². The molecule has 0 radical (unpaired) electrons. The molecule has 0 saturated heterocycles. The summed E-state index contributed by atoms with van der Waals surface area (Å²) in [5, 5.41) is 19.8. The molecule has 0 aliphatic rings. The normalized spacial score (nSPS) is 9.95. The fourth-order valence-corrected chi connectivity index (χ4v) is 1.96. The highest BCUT2D eigenvalue weighted by molar-refractivity contribution is 6.32. The predicted molar refractivity (Wildman–Crippen MR) is 73.6 cm³/mol. The zero-order valence-electron chi connectivity index (χ0n) is 10.5. The third-order valence-corrected chi connectivity index (χ3v) is 2.91. The van der Waals surface area contributed by atoms with Crippen molar-refractivity contribution in [3.8, 4) is 11.8 Å². The molecular formula is C14H8ClFN2O3. The SMILES string of the molecule is N#Cc1cc(F)cc(COc2c(Cl)cccc2[N+](=O)[O-])c1. The molecule has 0 aliphatic heterocycles. The molecule has 21 heavy (non-hydrogen) atoms. The maximum atomic E-state index is 13.3. The maximum Gasteiger partial charge on any atom is 0.312 e. The minimum atomic E-state index is -0.618. The van der Waals surface area contributed by atoms with Crippen LogP contribution in [0.4, 0.5) is 10.1 Å². The Balaban J connectivity index is 2.27. The first kappa shape index (κ1) is 14.8. The zero-order chi connectivity index (χ0) is 15.4. The number of rotatable bonds is 4. The maximum absolute atomic E-state index is 13.3. The van der Waals surface area contributed by atoms with Crippen LogP contribution in [0.15, 0.2) is 36.4 Å². The van der Waals surface area contributed by atoms with E-state index in [0.717, 1.165) is 6.07 Å². The Morgan fingerprint density at radius 2 is 2.14 bits per heavy atom. The Hall–Kier alpha value is -2.65. The quantitative estimate of drug-likeness (QED) is 0.635. The topological polar surface area (TPSA) is 76.2 Å². The fourth-order valence-electron chi connectivity index (χ4n) is 1.74. The molecule has 0 spiro atoms. The smallest absolute Gasteiger partial charge is 0.312 e. The highest BCUT2D eigenvalue weighted by Crippen LogP contribution is 2.34. The van der Waals surface area contributed by atoms with Gasteiger partial charge in [-0.15, -0.1) is 0 Å². The molecule has 0 bridgehead atoms. The molecule has 0 heterocycles. The van der Waals surface area contributed by atoms with Gasteiger partial charge < -0.3 is 4.74 Å². The van der Waals surface area contributed by atoms with Crippen molar-refractivity contribution >= 4 is 17.3 Å². The summed E-state index contributed by atoms with van der Waals surface area (Å²) in [6.07, 6.45) is 0. The molecule has 2 aromatic carbocycles. The van der Waals surface area contributed by atoms with E-state index in [9.17, 15) is 14.5 Å². The molecule has 2 aromatic rings. The average molecular weight is 307 g/mol. The van der Waals surface area contributed by atoms with Gasteiger partial charge in [-0.1, -0.05) is 17.7 Å². The Morgan fingerprint density at radius 3 is 2.81 bits per heavy atom. The van der Waals surface area contributed by atoms with E-state index < -0.39 is 10.7 Å². The number of nitro benzene ring substituents is 1. The Kier molecular flexibility index (Phi) is 4.36. The van der Waals surface area contributed by atoms with Gasteiger partial charge in [0.2, 0.25) is 5.75 Å². The number of ether oxygens (including phenoxy) is 1. The molecule has 7 heteroatoms. The van der Waals surface area contributed by atoms with E-state index in [0.29, 0.717) is 5.56 Å². The minimum absolute atomic E-state index is 0.0844. The van der Waals surface area contributed by atoms with Crippen molar-refractivity contribution in [2.75, 3.05) is 0 Å². The first-order valence-electron chi connectivity index (χ1n) is 5.76. The predicted octanol–water partition coefficient (Wildman–Crippen LogP) is 3.84. The monoisotopic (exact) mass is 306 g/mol. The van der Waals surface area contributed by atoms with Gasteiger partial charge in [-0.25, -0.2) is 4.39 Å². The van der Waals surface area contributed by atoms with Gasteiger partial charge in [0.15, 0.2) is 0 Å². The number of nitrogens with zero attached hydrogens (tertiary/aromatic N) is 2. The number of nitriles is 1. The van der Waals surface area contributed by atoms with E-state index in [1.807, 2.05) is 6.07 Å². The molecule has 0 saturated carbocycles. The van der Waals surface area contributed by atoms with Crippen molar-refractivity contribution in [3.05, 3.63) is 68.5 Å². The molecular weight excluding hydrogens is 299 g/mol. The van der Waals surface area contributed by atoms with Crippen LogP contribution in [0, 0.1) is 27.3 Å². The van der Waals surface area contributed by atoms with Crippen molar-refractivity contribution in [1.82, 2.24) is 0 Å². The summed E-state index contributed by atoms with van der Waals surface area (Å²) < 4.78 is 18.6. The van der Waals surface area contributed by atoms with Crippen molar-refractivity contribution in [2.45, 2.75) is 6.61 Å². The van der Waals surface area contributed by atoms with E-state index in [2.05, 4.69) is 0 Å². The van der Waals surface area contributed by atoms with Crippen LogP contribution in [-0.2, 0) is 6.61 Å². The second-order valence-electron chi connectivity index (χ2n) is 4.09. The molecule has 0 fully saturated rings. The fraction of sp³-hybridized carbons (Fsp3) is 0.0714. The van der Waals surface area contributed by atoms with Crippen LogP contribution in [0.1, 0.15) is 11.1 Å². The lowest BCUT2D eigenvalue weighted by atomic mass is 10.1. The number of benzene rings is 2. The zero-order valence-corrected chi connectivity index (χ0v) is 11.3. The van der Waals surface area contributed by atoms with Crippen molar-refractivity contribution in [3.63, 3.8) is 0 Å². The standard InChI is InChI=1S/C14H8ClFN2O3/c15-12-2-1-3-13(18(19)20)14(12)21-8-10-4-9(7-17)5-11(16)6-10/h1-6H,8H2. The van der Waals surface area contributed by atoms with Crippen molar-refractivity contribution < 1.29 is 14.1 Å². The summed E-state index contributed by atoms with van der Waals surface area (Å²) in [4.78, 5) is 10.3. The van der Waals surface area contributed by atoms with Crippen molar-refractivity contribution in [1.29, 1.82) is 5.26 Å². The third kappa shape index (κ3) is 3.46. The highest BCUT2D eigenvalue weighted by atomic mass is 35.5. The van der Waals surface area contributed by atoms with Gasteiger partial charge >= 0.3 is 5.69 Å². The molecule has 0 amide bonds. The van der Waals surface area contributed by atoms with Crippen LogP contribution in [-0.4, -0.2) is 4.92 Å². The van der Waals surface area contributed by atoms with Gasteiger partial charge in [0.05, 0.1) is 21.6 Å². The summed E-state index contributed by atoms with van der Waals surface area (Å²) >= 11 is 5.87. The van der Waals surface area contributed by atoms with Crippen LogP contribution in [0.3, 0.4) is 0 Å². The average Bonchev–Trinajstić information content (AvgIpc) is 2.45. The molecule has 2 rings (SSSR count). The van der Waals surface area contributed by atoms with Gasteiger partial charge in [0.25, 0.3) is 0 Å². The summed E-state index contributed by atoms with van der Waals surface area (Å²) in [6, 6.07) is 9.67. The Morgan fingerprint density at radius 1 is 1.38 bits per heavy atom. The molecule has 0 aliphatic carbocycles. The van der Waals surface area contributed by atoms with E-state index >= 15 is 0 Å².